The number of nitrogens with two attached hydrogens (primary N) is 1. The summed E-state index contributed by atoms with van der Waals surface area (Å²) >= 11 is 5.92. The van der Waals surface area contributed by atoms with E-state index in [4.69, 9.17) is 17.3 Å². The number of hydrogen-bond donors (Lipinski definition) is 2. The monoisotopic (exact) mass is 233 g/mol. The molecule has 0 saturated carbocycles. The average molecular weight is 234 g/mol. The SMILES string of the molecule is Cc1cc(-c2cccc(Cl)c2)cc(O)c1N. The molecule has 0 aromatic heterocycles. The van der Waals surface area contributed by atoms with Crippen LogP contribution in [0.25, 0.3) is 11.1 Å². The Morgan fingerprint density at radius 3 is 2.50 bits per heavy atom. The van der Waals surface area contributed by atoms with Crippen molar-refractivity contribution < 1.29 is 5.11 Å². The van der Waals surface area contributed by atoms with E-state index in [1.165, 1.54) is 0 Å². The van der Waals surface area contributed by atoms with E-state index in [1.54, 1.807) is 6.07 Å². The van der Waals surface area contributed by atoms with E-state index in [0.29, 0.717) is 10.7 Å². The Balaban J connectivity index is 2.57. The van der Waals surface area contributed by atoms with Crippen LogP contribution in [0.4, 0.5) is 5.69 Å². The van der Waals surface area contributed by atoms with Crippen molar-refractivity contribution in [1.82, 2.24) is 0 Å². The normalized spacial score (nSPS) is 10.4. The van der Waals surface area contributed by atoms with E-state index in [2.05, 4.69) is 0 Å². The molecule has 2 aromatic rings. The highest BCUT2D eigenvalue weighted by Crippen LogP contribution is 2.31. The minimum absolute atomic E-state index is 0.106. The van der Waals surface area contributed by atoms with Crippen molar-refractivity contribution in [3.05, 3.63) is 47.0 Å². The minimum Gasteiger partial charge on any atom is -0.506 e. The van der Waals surface area contributed by atoms with Crippen LogP contribution in [0.15, 0.2) is 36.4 Å². The first-order chi connectivity index (χ1) is 7.58. The van der Waals surface area contributed by atoms with E-state index in [-0.39, 0.29) is 5.75 Å². The van der Waals surface area contributed by atoms with Crippen molar-refractivity contribution in [2.75, 3.05) is 5.73 Å². The smallest absolute Gasteiger partial charge is 0.139 e. The van der Waals surface area contributed by atoms with Crippen molar-refractivity contribution in [2.45, 2.75) is 6.92 Å². The van der Waals surface area contributed by atoms with Gasteiger partial charge < -0.3 is 10.8 Å². The van der Waals surface area contributed by atoms with Gasteiger partial charge in [-0.2, -0.15) is 0 Å². The first-order valence-electron chi connectivity index (χ1n) is 4.93. The van der Waals surface area contributed by atoms with Gasteiger partial charge in [0.15, 0.2) is 0 Å². The lowest BCUT2D eigenvalue weighted by atomic mass is 10.0. The zero-order chi connectivity index (χ0) is 11.7. The van der Waals surface area contributed by atoms with Gasteiger partial charge in [-0.05, 0) is 47.9 Å². The zero-order valence-corrected chi connectivity index (χ0v) is 9.62. The fraction of sp³-hybridized carbons (Fsp3) is 0.0769. The molecule has 2 rings (SSSR count). The summed E-state index contributed by atoms with van der Waals surface area (Å²) in [6.07, 6.45) is 0. The summed E-state index contributed by atoms with van der Waals surface area (Å²) in [6.45, 7) is 1.86. The standard InChI is InChI=1S/C13H12ClNO/c1-8-5-10(7-12(16)13(8)15)9-3-2-4-11(14)6-9/h2-7,16H,15H2,1H3. The number of halogens is 1. The molecule has 16 heavy (non-hydrogen) atoms. The third-order valence-electron chi connectivity index (χ3n) is 2.52. The highest BCUT2D eigenvalue weighted by atomic mass is 35.5. The zero-order valence-electron chi connectivity index (χ0n) is 8.87. The van der Waals surface area contributed by atoms with Gasteiger partial charge in [-0.25, -0.2) is 0 Å². The van der Waals surface area contributed by atoms with Gasteiger partial charge in [0.05, 0.1) is 5.69 Å². The lowest BCUT2D eigenvalue weighted by Gasteiger charge is -2.08. The summed E-state index contributed by atoms with van der Waals surface area (Å²) in [5, 5.41) is 10.3. The van der Waals surface area contributed by atoms with Crippen molar-refractivity contribution in [3.63, 3.8) is 0 Å². The molecule has 0 atom stereocenters. The maximum atomic E-state index is 9.65. The largest absolute Gasteiger partial charge is 0.506 e. The number of phenolic OH excluding ortho intramolecular Hbond substituents is 1. The fourth-order valence-corrected chi connectivity index (χ4v) is 1.80. The quantitative estimate of drug-likeness (QED) is 0.584. The molecule has 0 aliphatic carbocycles. The van der Waals surface area contributed by atoms with Crippen LogP contribution in [0.5, 0.6) is 5.75 Å². The molecule has 3 heteroatoms. The van der Waals surface area contributed by atoms with Gasteiger partial charge in [-0.1, -0.05) is 23.7 Å². The Morgan fingerprint density at radius 1 is 1.12 bits per heavy atom. The number of rotatable bonds is 1. The van der Waals surface area contributed by atoms with Crippen LogP contribution < -0.4 is 5.73 Å². The predicted octanol–water partition coefficient (Wildman–Crippen LogP) is 3.60. The summed E-state index contributed by atoms with van der Waals surface area (Å²) in [7, 11) is 0. The highest BCUT2D eigenvalue weighted by molar-refractivity contribution is 6.30. The molecule has 0 heterocycles. The van der Waals surface area contributed by atoms with E-state index in [0.717, 1.165) is 16.7 Å². The third kappa shape index (κ3) is 1.97. The van der Waals surface area contributed by atoms with Crippen molar-refractivity contribution in [3.8, 4) is 16.9 Å². The average Bonchev–Trinajstić information content (AvgIpc) is 2.25. The molecule has 3 N–H and O–H groups in total. The molecule has 82 valence electrons. The van der Waals surface area contributed by atoms with Crippen molar-refractivity contribution in [2.24, 2.45) is 0 Å². The maximum Gasteiger partial charge on any atom is 0.139 e. The molecule has 0 aliphatic rings. The van der Waals surface area contributed by atoms with E-state index in [1.807, 2.05) is 37.3 Å². The van der Waals surface area contributed by atoms with E-state index in [9.17, 15) is 5.11 Å². The molecular weight excluding hydrogens is 222 g/mol. The van der Waals surface area contributed by atoms with Crippen LogP contribution in [-0.4, -0.2) is 5.11 Å². The molecular formula is C13H12ClNO. The minimum atomic E-state index is 0.106. The Bertz CT molecular complexity index is 514. The molecule has 0 radical (unpaired) electrons. The van der Waals surface area contributed by atoms with Gasteiger partial charge in [0, 0.05) is 5.02 Å². The number of nitrogen functional groups attached to an aromatic ring is 1. The summed E-state index contributed by atoms with van der Waals surface area (Å²) in [5.41, 5.74) is 8.83. The van der Waals surface area contributed by atoms with Gasteiger partial charge in [-0.15, -0.1) is 0 Å². The molecule has 2 aromatic carbocycles. The summed E-state index contributed by atoms with van der Waals surface area (Å²) in [6, 6.07) is 11.1. The Hall–Kier alpha value is -1.67. The number of hydrogen-bond acceptors (Lipinski definition) is 2. The number of benzene rings is 2. The predicted molar refractivity (Wildman–Crippen MR) is 67.7 cm³/mol. The second-order valence-corrected chi connectivity index (χ2v) is 4.17. The van der Waals surface area contributed by atoms with Gasteiger partial charge >= 0.3 is 0 Å². The topological polar surface area (TPSA) is 46.2 Å². The molecule has 2 nitrogen and oxygen atoms in total. The molecule has 0 fully saturated rings. The van der Waals surface area contributed by atoms with Crippen LogP contribution in [0, 0.1) is 6.92 Å². The Labute approximate surface area is 99.3 Å². The summed E-state index contributed by atoms with van der Waals surface area (Å²) in [5.74, 6) is 0.106. The third-order valence-corrected chi connectivity index (χ3v) is 2.76. The Kier molecular flexibility index (Phi) is 2.75. The molecule has 0 unspecified atom stereocenters. The molecule has 0 saturated heterocycles. The lowest BCUT2D eigenvalue weighted by molar-refractivity contribution is 0.478. The van der Waals surface area contributed by atoms with Gasteiger partial charge in [0.1, 0.15) is 5.75 Å². The van der Waals surface area contributed by atoms with Crippen LogP contribution in [0.3, 0.4) is 0 Å². The molecule has 0 amide bonds. The van der Waals surface area contributed by atoms with E-state index < -0.39 is 0 Å². The Morgan fingerprint density at radius 2 is 1.88 bits per heavy atom. The van der Waals surface area contributed by atoms with Crippen molar-refractivity contribution in [1.29, 1.82) is 0 Å². The highest BCUT2D eigenvalue weighted by Gasteiger charge is 2.05. The van der Waals surface area contributed by atoms with Gasteiger partial charge in [0.25, 0.3) is 0 Å². The van der Waals surface area contributed by atoms with Gasteiger partial charge in [0.2, 0.25) is 0 Å². The van der Waals surface area contributed by atoms with Gasteiger partial charge in [-0.3, -0.25) is 0 Å². The summed E-state index contributed by atoms with van der Waals surface area (Å²) in [4.78, 5) is 0. The van der Waals surface area contributed by atoms with Crippen LogP contribution >= 0.6 is 11.6 Å². The van der Waals surface area contributed by atoms with Crippen LogP contribution in [0.1, 0.15) is 5.56 Å². The van der Waals surface area contributed by atoms with Crippen LogP contribution in [-0.2, 0) is 0 Å². The number of aryl methyl sites for hydroxylation is 1. The second kappa shape index (κ2) is 4.06. The maximum absolute atomic E-state index is 9.65. The molecule has 0 spiro atoms. The molecule has 0 aliphatic heterocycles. The number of phenols is 1. The second-order valence-electron chi connectivity index (χ2n) is 3.74. The number of anilines is 1. The fourth-order valence-electron chi connectivity index (χ4n) is 1.61. The summed E-state index contributed by atoms with van der Waals surface area (Å²) < 4.78 is 0. The lowest BCUT2D eigenvalue weighted by Crippen LogP contribution is -1.91. The molecule has 0 bridgehead atoms. The van der Waals surface area contributed by atoms with Crippen molar-refractivity contribution >= 4 is 17.3 Å². The number of aromatic hydroxyl groups is 1. The first kappa shape index (κ1) is 10.8. The van der Waals surface area contributed by atoms with E-state index >= 15 is 0 Å². The van der Waals surface area contributed by atoms with Crippen LogP contribution in [0.2, 0.25) is 5.02 Å². The first-order valence-corrected chi connectivity index (χ1v) is 5.31.